The summed E-state index contributed by atoms with van der Waals surface area (Å²) in [5.41, 5.74) is 0.230. The van der Waals surface area contributed by atoms with Crippen LogP contribution in [-0.4, -0.2) is 18.1 Å². The molecule has 1 aliphatic carbocycles. The van der Waals surface area contributed by atoms with Crippen molar-refractivity contribution in [3.8, 4) is 0 Å². The van der Waals surface area contributed by atoms with Crippen molar-refractivity contribution < 1.29 is 14.3 Å². The molecule has 1 rings (SSSR count). The van der Waals surface area contributed by atoms with E-state index in [1.54, 1.807) is 0 Å². The highest BCUT2D eigenvalue weighted by Gasteiger charge is 2.18. The molecule has 0 radical (unpaired) electrons. The molecule has 0 unspecified atom stereocenters. The van der Waals surface area contributed by atoms with E-state index in [9.17, 15) is 9.59 Å². The molecule has 1 amide bonds. The smallest absolute Gasteiger partial charge is 0.373 e. The first-order valence-electron chi connectivity index (χ1n) is 5.28. The molecule has 0 aromatic rings. The Kier molecular flexibility index (Phi) is 4.34. The van der Waals surface area contributed by atoms with Gasteiger partial charge >= 0.3 is 12.1 Å². The van der Waals surface area contributed by atoms with Gasteiger partial charge in [0.1, 0.15) is 0 Å². The van der Waals surface area contributed by atoms with Crippen LogP contribution in [0.2, 0.25) is 0 Å². The maximum Gasteiger partial charge on any atom is 0.415 e. The van der Waals surface area contributed by atoms with E-state index in [4.69, 9.17) is 0 Å². The maximum atomic E-state index is 11.2. The third-order valence-electron chi connectivity index (χ3n) is 2.46. The largest absolute Gasteiger partial charge is 0.415 e. The van der Waals surface area contributed by atoms with Crippen LogP contribution in [0.15, 0.2) is 12.2 Å². The molecule has 0 aromatic heterocycles. The van der Waals surface area contributed by atoms with Crippen LogP contribution in [-0.2, 0) is 9.53 Å². The number of carbonyl (C=O) groups is 2. The zero-order chi connectivity index (χ0) is 11.3. The number of rotatable bonds is 2. The second kappa shape index (κ2) is 5.53. The summed E-state index contributed by atoms with van der Waals surface area (Å²) < 4.78 is 4.53. The molecule has 4 heteroatoms. The predicted molar refractivity (Wildman–Crippen MR) is 56.3 cm³/mol. The fraction of sp³-hybridized carbons (Fsp3) is 0.636. The molecule has 1 N–H and O–H groups in total. The van der Waals surface area contributed by atoms with Crippen LogP contribution < -0.4 is 5.32 Å². The van der Waals surface area contributed by atoms with Crippen LogP contribution in [0.3, 0.4) is 0 Å². The van der Waals surface area contributed by atoms with E-state index in [2.05, 4.69) is 16.6 Å². The van der Waals surface area contributed by atoms with Crippen molar-refractivity contribution in [2.24, 2.45) is 0 Å². The second-order valence-corrected chi connectivity index (χ2v) is 3.94. The van der Waals surface area contributed by atoms with E-state index >= 15 is 0 Å². The molecule has 0 heterocycles. The molecule has 0 spiro atoms. The van der Waals surface area contributed by atoms with Gasteiger partial charge in [-0.05, 0) is 19.8 Å². The summed E-state index contributed by atoms with van der Waals surface area (Å²) in [6.07, 6.45) is 4.75. The lowest BCUT2D eigenvalue weighted by atomic mass is 9.96. The molecule has 1 saturated carbocycles. The van der Waals surface area contributed by atoms with Gasteiger partial charge in [0.25, 0.3) is 0 Å². The van der Waals surface area contributed by atoms with Gasteiger partial charge in [0, 0.05) is 11.6 Å². The fourth-order valence-corrected chi connectivity index (χ4v) is 1.61. The molecule has 0 aromatic carbocycles. The van der Waals surface area contributed by atoms with E-state index in [1.165, 1.54) is 13.3 Å². The maximum absolute atomic E-state index is 11.2. The number of amides is 1. The topological polar surface area (TPSA) is 55.4 Å². The Balaban J connectivity index is 2.28. The van der Waals surface area contributed by atoms with E-state index in [-0.39, 0.29) is 11.6 Å². The number of esters is 1. The lowest BCUT2D eigenvalue weighted by molar-refractivity contribution is -0.132. The molecular formula is C11H17NO3. The normalized spacial score (nSPS) is 16.9. The van der Waals surface area contributed by atoms with Gasteiger partial charge in [-0.1, -0.05) is 25.8 Å². The summed E-state index contributed by atoms with van der Waals surface area (Å²) in [6.45, 7) is 4.91. The minimum absolute atomic E-state index is 0.157. The van der Waals surface area contributed by atoms with Crippen molar-refractivity contribution in [3.63, 3.8) is 0 Å². The summed E-state index contributed by atoms with van der Waals surface area (Å²) in [5.74, 6) is -0.664. The van der Waals surface area contributed by atoms with E-state index in [1.807, 2.05) is 0 Å². The van der Waals surface area contributed by atoms with Crippen LogP contribution in [0.5, 0.6) is 0 Å². The Morgan fingerprint density at radius 2 is 1.87 bits per heavy atom. The Morgan fingerprint density at radius 1 is 1.27 bits per heavy atom. The van der Waals surface area contributed by atoms with Crippen molar-refractivity contribution in [1.29, 1.82) is 0 Å². The predicted octanol–water partition coefficient (Wildman–Crippen LogP) is 2.15. The third-order valence-corrected chi connectivity index (χ3v) is 2.46. The Labute approximate surface area is 89.7 Å². The number of alkyl carbamates (subject to hydrolysis) is 1. The van der Waals surface area contributed by atoms with Gasteiger partial charge in [0.15, 0.2) is 0 Å². The molecule has 0 bridgehead atoms. The van der Waals surface area contributed by atoms with Crippen LogP contribution in [0.25, 0.3) is 0 Å². The van der Waals surface area contributed by atoms with Crippen molar-refractivity contribution in [1.82, 2.24) is 5.32 Å². The average Bonchev–Trinajstić information content (AvgIpc) is 2.18. The second-order valence-electron chi connectivity index (χ2n) is 3.94. The van der Waals surface area contributed by atoms with Crippen LogP contribution >= 0.6 is 0 Å². The van der Waals surface area contributed by atoms with Gasteiger partial charge in [-0.3, -0.25) is 0 Å². The molecule has 1 aliphatic rings. The standard InChI is InChI=1S/C11H17NO3/c1-8(2)10(13)15-11(14)12-9-6-4-3-5-7-9/h9H,1,3-7H2,2H3,(H,12,14). The van der Waals surface area contributed by atoms with Crippen LogP contribution in [0.4, 0.5) is 4.79 Å². The highest BCUT2D eigenvalue weighted by atomic mass is 16.6. The summed E-state index contributed by atoms with van der Waals surface area (Å²) >= 11 is 0. The van der Waals surface area contributed by atoms with Crippen molar-refractivity contribution in [3.05, 3.63) is 12.2 Å². The lowest BCUT2D eigenvalue weighted by Crippen LogP contribution is -2.37. The average molecular weight is 211 g/mol. The number of hydrogen-bond acceptors (Lipinski definition) is 3. The van der Waals surface area contributed by atoms with Crippen LogP contribution in [0, 0.1) is 0 Å². The lowest BCUT2D eigenvalue weighted by Gasteiger charge is -2.21. The molecule has 15 heavy (non-hydrogen) atoms. The van der Waals surface area contributed by atoms with Gasteiger partial charge in [0.2, 0.25) is 0 Å². The highest BCUT2D eigenvalue weighted by molar-refractivity contribution is 5.94. The summed E-state index contributed by atoms with van der Waals surface area (Å²) in [4.78, 5) is 22.2. The van der Waals surface area contributed by atoms with Crippen LogP contribution in [0.1, 0.15) is 39.0 Å². The van der Waals surface area contributed by atoms with Gasteiger partial charge in [-0.15, -0.1) is 0 Å². The van der Waals surface area contributed by atoms with Crippen molar-refractivity contribution >= 4 is 12.1 Å². The zero-order valence-corrected chi connectivity index (χ0v) is 9.04. The molecule has 84 valence electrons. The molecule has 4 nitrogen and oxygen atoms in total. The number of nitrogens with one attached hydrogen (secondary N) is 1. The number of ether oxygens (including phenoxy) is 1. The minimum Gasteiger partial charge on any atom is -0.373 e. The third kappa shape index (κ3) is 4.14. The summed E-state index contributed by atoms with van der Waals surface area (Å²) in [5, 5.41) is 2.68. The zero-order valence-electron chi connectivity index (χ0n) is 9.04. The summed E-state index contributed by atoms with van der Waals surface area (Å²) in [6, 6.07) is 0.157. The molecule has 0 aliphatic heterocycles. The van der Waals surface area contributed by atoms with E-state index in [0.717, 1.165) is 25.7 Å². The number of carbonyl (C=O) groups excluding carboxylic acids is 2. The van der Waals surface area contributed by atoms with Gasteiger partial charge in [-0.2, -0.15) is 0 Å². The fourth-order valence-electron chi connectivity index (χ4n) is 1.61. The Hall–Kier alpha value is -1.32. The van der Waals surface area contributed by atoms with Gasteiger partial charge in [0.05, 0.1) is 0 Å². The first-order chi connectivity index (χ1) is 7.09. The Bertz CT molecular complexity index is 267. The quantitative estimate of drug-likeness (QED) is 0.432. The first-order valence-corrected chi connectivity index (χ1v) is 5.28. The minimum atomic E-state index is -0.664. The van der Waals surface area contributed by atoms with Gasteiger partial charge in [-0.25, -0.2) is 9.59 Å². The highest BCUT2D eigenvalue weighted by Crippen LogP contribution is 2.17. The van der Waals surface area contributed by atoms with Crippen molar-refractivity contribution in [2.75, 3.05) is 0 Å². The van der Waals surface area contributed by atoms with Crippen molar-refractivity contribution in [2.45, 2.75) is 45.1 Å². The Morgan fingerprint density at radius 3 is 2.40 bits per heavy atom. The molecular weight excluding hydrogens is 194 g/mol. The monoisotopic (exact) mass is 211 g/mol. The summed E-state index contributed by atoms with van der Waals surface area (Å²) in [7, 11) is 0. The SMILES string of the molecule is C=C(C)C(=O)OC(=O)NC1CCCCC1. The molecule has 0 saturated heterocycles. The molecule has 0 atom stereocenters. The first kappa shape index (κ1) is 11.8. The van der Waals surface area contributed by atoms with Gasteiger partial charge < -0.3 is 10.1 Å². The number of hydrogen-bond donors (Lipinski definition) is 1. The van der Waals surface area contributed by atoms with E-state index in [0.29, 0.717) is 0 Å². The molecule has 1 fully saturated rings. The van der Waals surface area contributed by atoms with E-state index < -0.39 is 12.1 Å².